The maximum atomic E-state index is 13.6. The lowest BCUT2D eigenvalue weighted by atomic mass is 9.72. The van der Waals surface area contributed by atoms with Gasteiger partial charge in [0.1, 0.15) is 0 Å². The number of carbonyl (C=O) groups excluding carboxylic acids is 2. The summed E-state index contributed by atoms with van der Waals surface area (Å²) in [6.07, 6.45) is 1.55. The maximum absolute atomic E-state index is 13.6. The van der Waals surface area contributed by atoms with Crippen LogP contribution in [0.25, 0.3) is 0 Å². The molecule has 2 aromatic rings. The van der Waals surface area contributed by atoms with E-state index in [9.17, 15) is 9.59 Å². The number of dihydropyridines is 1. The van der Waals surface area contributed by atoms with Crippen LogP contribution in [0.5, 0.6) is 0 Å². The van der Waals surface area contributed by atoms with Gasteiger partial charge in [0.15, 0.2) is 5.78 Å². The minimum atomic E-state index is -0.492. The number of ketones is 1. The molecule has 0 unspecified atom stereocenters. The quantitative estimate of drug-likeness (QED) is 0.480. The van der Waals surface area contributed by atoms with Gasteiger partial charge in [-0.2, -0.15) is 0 Å². The Morgan fingerprint density at radius 2 is 1.61 bits per heavy atom. The van der Waals surface area contributed by atoms with Crippen LogP contribution in [-0.4, -0.2) is 17.9 Å². The Labute approximate surface area is 204 Å². The molecule has 0 saturated heterocycles. The van der Waals surface area contributed by atoms with Crippen LogP contribution in [0.4, 0.5) is 0 Å². The summed E-state index contributed by atoms with van der Waals surface area (Å²) in [7, 11) is 0. The Morgan fingerprint density at radius 1 is 1.03 bits per heavy atom. The van der Waals surface area contributed by atoms with E-state index < -0.39 is 11.9 Å². The smallest absolute Gasteiger partial charge is 0.337 e. The summed E-state index contributed by atoms with van der Waals surface area (Å²) in [5.74, 6) is -0.805. The van der Waals surface area contributed by atoms with Crippen molar-refractivity contribution in [2.75, 3.05) is 0 Å². The Bertz CT molecular complexity index is 1130. The number of ether oxygens (including phenoxy) is 1. The van der Waals surface area contributed by atoms with E-state index >= 15 is 0 Å². The third-order valence-corrected chi connectivity index (χ3v) is 6.98. The molecule has 2 aliphatic rings. The van der Waals surface area contributed by atoms with Gasteiger partial charge in [-0.1, -0.05) is 54.4 Å². The van der Waals surface area contributed by atoms with E-state index in [0.29, 0.717) is 46.2 Å². The van der Waals surface area contributed by atoms with E-state index in [1.807, 2.05) is 57.2 Å². The van der Waals surface area contributed by atoms with Gasteiger partial charge in [0.2, 0.25) is 0 Å². The fourth-order valence-electron chi connectivity index (χ4n) is 4.60. The van der Waals surface area contributed by atoms with Gasteiger partial charge in [0.05, 0.1) is 11.7 Å². The number of carbonyl (C=O) groups is 2. The average molecular weight is 484 g/mol. The molecule has 4 rings (SSSR count). The molecule has 0 radical (unpaired) electrons. The Hall–Kier alpha value is -2.56. The lowest BCUT2D eigenvalue weighted by Crippen LogP contribution is -2.36. The van der Waals surface area contributed by atoms with Crippen LogP contribution in [0.2, 0.25) is 10.0 Å². The van der Waals surface area contributed by atoms with Crippen molar-refractivity contribution in [2.24, 2.45) is 0 Å². The summed E-state index contributed by atoms with van der Waals surface area (Å²) < 4.78 is 5.69. The van der Waals surface area contributed by atoms with Gasteiger partial charge in [0.25, 0.3) is 0 Å². The van der Waals surface area contributed by atoms with E-state index in [1.54, 1.807) is 12.1 Å². The normalized spacial score (nSPS) is 21.4. The highest BCUT2D eigenvalue weighted by atomic mass is 35.5. The first kappa shape index (κ1) is 23.6. The number of Topliss-reactive ketones (excluding diaryl/α,β-unsaturated/α-hetero) is 1. The van der Waals surface area contributed by atoms with E-state index in [0.717, 1.165) is 16.8 Å². The number of allylic oxidation sites excluding steroid dienone is 3. The van der Waals surface area contributed by atoms with Gasteiger partial charge >= 0.3 is 5.97 Å². The van der Waals surface area contributed by atoms with Crippen molar-refractivity contribution in [1.29, 1.82) is 0 Å². The zero-order valence-corrected chi connectivity index (χ0v) is 20.5. The van der Waals surface area contributed by atoms with Gasteiger partial charge < -0.3 is 10.1 Å². The van der Waals surface area contributed by atoms with Gasteiger partial charge in [-0.05, 0) is 68.0 Å². The molecule has 0 saturated carbocycles. The van der Waals surface area contributed by atoms with E-state index in [-0.39, 0.29) is 17.8 Å². The summed E-state index contributed by atoms with van der Waals surface area (Å²) in [6.45, 7) is 5.71. The molecule has 1 aliphatic heterocycles. The SMILES string of the molecule is CC[C@H](C)OC(=O)C1=C(C)NC2=C(C(=O)C[C@@H](c3ccc(Cl)cc3)C2)[C@@H]1c1ccc(Cl)cc1. The highest BCUT2D eigenvalue weighted by Crippen LogP contribution is 2.46. The minimum Gasteiger partial charge on any atom is -0.459 e. The zero-order valence-electron chi connectivity index (χ0n) is 19.0. The molecule has 0 fully saturated rings. The molecular formula is C27H27Cl2NO3. The molecule has 33 heavy (non-hydrogen) atoms. The molecule has 172 valence electrons. The molecule has 1 heterocycles. The topological polar surface area (TPSA) is 55.4 Å². The van der Waals surface area contributed by atoms with Crippen LogP contribution in [0.3, 0.4) is 0 Å². The lowest BCUT2D eigenvalue weighted by molar-refractivity contribution is -0.144. The molecule has 0 spiro atoms. The number of hydrogen-bond donors (Lipinski definition) is 1. The second-order valence-electron chi connectivity index (χ2n) is 8.74. The molecule has 4 nitrogen and oxygen atoms in total. The maximum Gasteiger partial charge on any atom is 0.337 e. The van der Waals surface area contributed by atoms with Crippen molar-refractivity contribution in [1.82, 2.24) is 5.32 Å². The summed E-state index contributed by atoms with van der Waals surface area (Å²) >= 11 is 12.2. The summed E-state index contributed by atoms with van der Waals surface area (Å²) in [4.78, 5) is 26.8. The van der Waals surface area contributed by atoms with Crippen molar-refractivity contribution in [2.45, 2.75) is 58.0 Å². The molecule has 1 aliphatic carbocycles. The highest BCUT2D eigenvalue weighted by molar-refractivity contribution is 6.30. The molecule has 3 atom stereocenters. The largest absolute Gasteiger partial charge is 0.459 e. The summed E-state index contributed by atoms with van der Waals surface area (Å²) in [5, 5.41) is 4.65. The van der Waals surface area contributed by atoms with Gasteiger partial charge in [-0.25, -0.2) is 4.79 Å². The van der Waals surface area contributed by atoms with Crippen molar-refractivity contribution < 1.29 is 14.3 Å². The lowest BCUT2D eigenvalue weighted by Gasteiger charge is -2.37. The molecule has 2 aromatic carbocycles. The van der Waals surface area contributed by atoms with Crippen LogP contribution in [-0.2, 0) is 14.3 Å². The third-order valence-electron chi connectivity index (χ3n) is 6.48. The van der Waals surface area contributed by atoms with Crippen LogP contribution in [0.15, 0.2) is 71.1 Å². The van der Waals surface area contributed by atoms with Crippen LogP contribution >= 0.6 is 23.2 Å². The average Bonchev–Trinajstić information content (AvgIpc) is 2.78. The second-order valence-corrected chi connectivity index (χ2v) is 9.62. The van der Waals surface area contributed by atoms with Crippen molar-refractivity contribution in [3.8, 4) is 0 Å². The first-order chi connectivity index (χ1) is 15.8. The van der Waals surface area contributed by atoms with Gasteiger partial charge in [-0.15, -0.1) is 0 Å². The fraction of sp³-hybridized carbons (Fsp3) is 0.333. The minimum absolute atomic E-state index is 0.0324. The van der Waals surface area contributed by atoms with Crippen molar-refractivity contribution in [3.05, 3.63) is 92.2 Å². The first-order valence-electron chi connectivity index (χ1n) is 11.2. The van der Waals surface area contributed by atoms with E-state index in [2.05, 4.69) is 5.32 Å². The number of rotatable bonds is 5. The van der Waals surface area contributed by atoms with Crippen LogP contribution in [0.1, 0.15) is 63.0 Å². The number of nitrogens with one attached hydrogen (secondary N) is 1. The fourth-order valence-corrected chi connectivity index (χ4v) is 4.85. The summed E-state index contributed by atoms with van der Waals surface area (Å²) in [5.41, 5.74) is 4.63. The summed E-state index contributed by atoms with van der Waals surface area (Å²) in [6, 6.07) is 15.0. The number of esters is 1. The van der Waals surface area contributed by atoms with Crippen molar-refractivity contribution in [3.63, 3.8) is 0 Å². The predicted octanol–water partition coefficient (Wildman–Crippen LogP) is 6.70. The molecule has 1 N–H and O–H groups in total. The monoisotopic (exact) mass is 483 g/mol. The first-order valence-corrected chi connectivity index (χ1v) is 12.0. The molecular weight excluding hydrogens is 457 g/mol. The Kier molecular flexibility index (Phi) is 6.96. The Balaban J connectivity index is 1.76. The molecule has 6 heteroatoms. The number of hydrogen-bond acceptors (Lipinski definition) is 4. The zero-order chi connectivity index (χ0) is 23.7. The third kappa shape index (κ3) is 4.87. The van der Waals surface area contributed by atoms with Crippen LogP contribution < -0.4 is 5.32 Å². The van der Waals surface area contributed by atoms with Gasteiger partial charge in [0, 0.05) is 39.4 Å². The molecule has 0 bridgehead atoms. The second kappa shape index (κ2) is 9.74. The van der Waals surface area contributed by atoms with Crippen LogP contribution in [0, 0.1) is 0 Å². The van der Waals surface area contributed by atoms with Gasteiger partial charge in [-0.3, -0.25) is 4.79 Å². The van der Waals surface area contributed by atoms with Crippen molar-refractivity contribution >= 4 is 35.0 Å². The van der Waals surface area contributed by atoms with E-state index in [1.165, 1.54) is 0 Å². The highest BCUT2D eigenvalue weighted by Gasteiger charge is 2.41. The molecule has 0 aromatic heterocycles. The predicted molar refractivity (Wildman–Crippen MR) is 131 cm³/mol. The van der Waals surface area contributed by atoms with E-state index in [4.69, 9.17) is 27.9 Å². The number of benzene rings is 2. The standard InChI is InChI=1S/C27H27Cl2NO3/c1-4-15(2)33-27(32)24-16(3)30-22-13-19(17-5-9-20(28)10-6-17)14-23(31)26(22)25(24)18-7-11-21(29)12-8-18/h5-12,15,19,25,30H,4,13-14H2,1-3H3/t15-,19-,25+/m0/s1. The molecule has 0 amide bonds. The number of halogens is 2. The Morgan fingerprint density at radius 3 is 2.18 bits per heavy atom.